The third-order valence-corrected chi connectivity index (χ3v) is 4.15. The molecule has 0 unspecified atom stereocenters. The Morgan fingerprint density at radius 1 is 1.11 bits per heavy atom. The van der Waals surface area contributed by atoms with Crippen molar-refractivity contribution in [3.05, 3.63) is 0 Å². The highest BCUT2D eigenvalue weighted by molar-refractivity contribution is 5.79. The molecule has 0 aromatic carbocycles. The minimum Gasteiger partial charge on any atom is -0.391 e. The fourth-order valence-corrected chi connectivity index (χ4v) is 2.88. The number of amides is 1. The zero-order valence-electron chi connectivity index (χ0n) is 10.5. The summed E-state index contributed by atoms with van der Waals surface area (Å²) in [5.41, 5.74) is 0. The summed E-state index contributed by atoms with van der Waals surface area (Å²) in [5, 5.41) is 12.6. The number of rotatable bonds is 2. The molecule has 0 aromatic rings. The normalized spacial score (nSPS) is 33.1. The fourth-order valence-electron chi connectivity index (χ4n) is 2.88. The summed E-state index contributed by atoms with van der Waals surface area (Å²) in [7, 11) is 0. The second-order valence-electron chi connectivity index (χ2n) is 5.60. The van der Waals surface area contributed by atoms with Gasteiger partial charge in [-0.2, -0.15) is 0 Å². The first-order chi connectivity index (χ1) is 8.48. The molecule has 2 aliphatic rings. The molecular formula is C13H21F2NO2. The Kier molecular flexibility index (Phi) is 4.20. The number of hydrogen-bond donors (Lipinski definition) is 2. The second-order valence-corrected chi connectivity index (χ2v) is 5.60. The number of carbonyl (C=O) groups excluding carboxylic acids is 1. The molecule has 2 saturated carbocycles. The smallest absolute Gasteiger partial charge is 0.248 e. The van der Waals surface area contributed by atoms with Gasteiger partial charge in [-0.1, -0.05) is 12.8 Å². The predicted molar refractivity (Wildman–Crippen MR) is 63.3 cm³/mol. The lowest BCUT2D eigenvalue weighted by Gasteiger charge is -2.32. The van der Waals surface area contributed by atoms with E-state index in [2.05, 4.69) is 5.32 Å². The van der Waals surface area contributed by atoms with Crippen LogP contribution in [0.1, 0.15) is 51.4 Å². The Morgan fingerprint density at radius 2 is 1.72 bits per heavy atom. The van der Waals surface area contributed by atoms with Crippen LogP contribution in [-0.2, 0) is 4.79 Å². The van der Waals surface area contributed by atoms with E-state index in [9.17, 15) is 18.7 Å². The predicted octanol–water partition coefficient (Wildman–Crippen LogP) is 2.23. The van der Waals surface area contributed by atoms with Gasteiger partial charge in [0, 0.05) is 18.8 Å². The van der Waals surface area contributed by atoms with Gasteiger partial charge in [0.2, 0.25) is 11.8 Å². The first-order valence-electron chi connectivity index (χ1n) is 6.84. The molecule has 3 nitrogen and oxygen atoms in total. The zero-order valence-corrected chi connectivity index (χ0v) is 10.5. The largest absolute Gasteiger partial charge is 0.391 e. The van der Waals surface area contributed by atoms with E-state index in [0.717, 1.165) is 19.3 Å². The number of aliphatic hydroxyl groups is 1. The zero-order chi connectivity index (χ0) is 13.2. The van der Waals surface area contributed by atoms with Crippen LogP contribution < -0.4 is 5.32 Å². The van der Waals surface area contributed by atoms with Crippen LogP contribution in [0.4, 0.5) is 8.78 Å². The molecule has 2 fully saturated rings. The highest BCUT2D eigenvalue weighted by Crippen LogP contribution is 2.36. The van der Waals surface area contributed by atoms with Crippen molar-refractivity contribution in [1.82, 2.24) is 5.32 Å². The van der Waals surface area contributed by atoms with E-state index in [1.54, 1.807) is 0 Å². The van der Waals surface area contributed by atoms with E-state index in [0.29, 0.717) is 6.42 Å². The van der Waals surface area contributed by atoms with E-state index in [1.807, 2.05) is 0 Å². The summed E-state index contributed by atoms with van der Waals surface area (Å²) in [6, 6.07) is -0.186. The molecule has 0 saturated heterocycles. The van der Waals surface area contributed by atoms with Crippen molar-refractivity contribution in [3.8, 4) is 0 Å². The van der Waals surface area contributed by atoms with Crippen LogP contribution in [0, 0.1) is 5.92 Å². The summed E-state index contributed by atoms with van der Waals surface area (Å²) in [4.78, 5) is 12.0. The minimum atomic E-state index is -2.60. The molecule has 2 aliphatic carbocycles. The van der Waals surface area contributed by atoms with Crippen molar-refractivity contribution < 1.29 is 18.7 Å². The van der Waals surface area contributed by atoms with Gasteiger partial charge >= 0.3 is 0 Å². The van der Waals surface area contributed by atoms with Crippen LogP contribution in [0.25, 0.3) is 0 Å². The quantitative estimate of drug-likeness (QED) is 0.801. The van der Waals surface area contributed by atoms with Crippen LogP contribution in [0.5, 0.6) is 0 Å². The average molecular weight is 261 g/mol. The molecule has 0 heterocycles. The third kappa shape index (κ3) is 3.40. The van der Waals surface area contributed by atoms with Crippen molar-refractivity contribution in [2.75, 3.05) is 0 Å². The summed E-state index contributed by atoms with van der Waals surface area (Å²) in [5.74, 6) is -3.06. The van der Waals surface area contributed by atoms with Crippen LogP contribution in [0.15, 0.2) is 0 Å². The molecule has 0 radical (unpaired) electrons. The van der Waals surface area contributed by atoms with Gasteiger partial charge in [0.25, 0.3) is 0 Å². The molecule has 18 heavy (non-hydrogen) atoms. The molecule has 2 N–H and O–H groups in total. The van der Waals surface area contributed by atoms with Crippen LogP contribution >= 0.6 is 0 Å². The van der Waals surface area contributed by atoms with Gasteiger partial charge in [0.15, 0.2) is 0 Å². The summed E-state index contributed by atoms with van der Waals surface area (Å²) in [6.45, 7) is 0. The number of hydrogen-bond acceptors (Lipinski definition) is 2. The van der Waals surface area contributed by atoms with Crippen molar-refractivity contribution in [3.63, 3.8) is 0 Å². The maximum absolute atomic E-state index is 13.0. The highest BCUT2D eigenvalue weighted by Gasteiger charge is 2.38. The van der Waals surface area contributed by atoms with Gasteiger partial charge in [0.1, 0.15) is 0 Å². The van der Waals surface area contributed by atoms with E-state index < -0.39 is 12.0 Å². The van der Waals surface area contributed by atoms with E-state index >= 15 is 0 Å². The van der Waals surface area contributed by atoms with Crippen molar-refractivity contribution in [2.45, 2.75) is 69.4 Å². The molecule has 2 rings (SSSR count). The summed E-state index contributed by atoms with van der Waals surface area (Å²) in [6.07, 6.45) is 3.13. The summed E-state index contributed by atoms with van der Waals surface area (Å²) >= 11 is 0. The monoisotopic (exact) mass is 261 g/mol. The number of halogens is 2. The third-order valence-electron chi connectivity index (χ3n) is 4.15. The first kappa shape index (κ1) is 13.7. The number of nitrogens with one attached hydrogen (secondary N) is 1. The Bertz CT molecular complexity index is 299. The van der Waals surface area contributed by atoms with Crippen molar-refractivity contribution in [2.24, 2.45) is 5.92 Å². The maximum atomic E-state index is 13.0. The van der Waals surface area contributed by atoms with Gasteiger partial charge in [-0.25, -0.2) is 8.78 Å². The highest BCUT2D eigenvalue weighted by atomic mass is 19.3. The molecule has 0 aliphatic heterocycles. The fraction of sp³-hybridized carbons (Fsp3) is 0.923. The van der Waals surface area contributed by atoms with E-state index in [4.69, 9.17) is 0 Å². The second kappa shape index (κ2) is 5.51. The number of alkyl halides is 2. The van der Waals surface area contributed by atoms with Gasteiger partial charge < -0.3 is 10.4 Å². The minimum absolute atomic E-state index is 0.156. The summed E-state index contributed by atoms with van der Waals surface area (Å²) < 4.78 is 26.0. The SMILES string of the molecule is O=C(N[C@@H]1CCCC[C@H]1O)C1CCC(F)(F)CC1. The number of aliphatic hydroxyl groups excluding tert-OH is 1. The lowest BCUT2D eigenvalue weighted by atomic mass is 9.85. The first-order valence-corrected chi connectivity index (χ1v) is 6.84. The molecule has 2 atom stereocenters. The molecule has 104 valence electrons. The topological polar surface area (TPSA) is 49.3 Å². The van der Waals surface area contributed by atoms with Gasteiger partial charge in [-0.05, 0) is 25.7 Å². The molecule has 0 spiro atoms. The van der Waals surface area contributed by atoms with E-state index in [1.165, 1.54) is 0 Å². The van der Waals surface area contributed by atoms with E-state index in [-0.39, 0.29) is 43.6 Å². The van der Waals surface area contributed by atoms with Gasteiger partial charge in [0.05, 0.1) is 12.1 Å². The van der Waals surface area contributed by atoms with Crippen LogP contribution in [-0.4, -0.2) is 29.1 Å². The lowest BCUT2D eigenvalue weighted by molar-refractivity contribution is -0.131. The maximum Gasteiger partial charge on any atom is 0.248 e. The Hall–Kier alpha value is -0.710. The number of carbonyl (C=O) groups is 1. The Labute approximate surface area is 106 Å². The van der Waals surface area contributed by atoms with Crippen LogP contribution in [0.3, 0.4) is 0 Å². The molecule has 5 heteroatoms. The van der Waals surface area contributed by atoms with Crippen molar-refractivity contribution >= 4 is 5.91 Å². The van der Waals surface area contributed by atoms with Crippen molar-refractivity contribution in [1.29, 1.82) is 0 Å². The molecule has 0 bridgehead atoms. The standard InChI is InChI=1S/C13H21F2NO2/c14-13(15)7-5-9(6-8-13)12(18)16-10-3-1-2-4-11(10)17/h9-11,17H,1-8H2,(H,16,18)/t10-,11-/m1/s1. The Morgan fingerprint density at radius 3 is 2.33 bits per heavy atom. The van der Waals surface area contributed by atoms with Gasteiger partial charge in [-0.15, -0.1) is 0 Å². The average Bonchev–Trinajstić information content (AvgIpc) is 2.32. The Balaban J connectivity index is 1.81. The molecule has 0 aromatic heterocycles. The molecular weight excluding hydrogens is 240 g/mol. The molecule has 1 amide bonds. The van der Waals surface area contributed by atoms with Gasteiger partial charge in [-0.3, -0.25) is 4.79 Å². The lowest BCUT2D eigenvalue weighted by Crippen LogP contribution is -2.48. The van der Waals surface area contributed by atoms with Crippen LogP contribution in [0.2, 0.25) is 0 Å².